The first kappa shape index (κ1) is 26.6. The Hall–Kier alpha value is -3.46. The molecule has 1 amide bonds. The molecule has 9 heteroatoms. The number of amides is 1. The lowest BCUT2D eigenvalue weighted by atomic mass is 9.90. The fourth-order valence-corrected chi connectivity index (χ4v) is 4.69. The van der Waals surface area contributed by atoms with E-state index in [-0.39, 0.29) is 11.7 Å². The highest BCUT2D eigenvalue weighted by molar-refractivity contribution is 5.98. The molecule has 0 saturated heterocycles. The number of nitrogens with one attached hydrogen (secondary N) is 1. The molecular weight excluding hydrogens is 466 g/mol. The molecule has 0 atom stereocenters. The van der Waals surface area contributed by atoms with Crippen molar-refractivity contribution in [2.24, 2.45) is 0 Å². The zero-order chi connectivity index (χ0) is 26.2. The normalized spacial score (nSPS) is 12.3. The molecule has 2 heterocycles. The summed E-state index contributed by atoms with van der Waals surface area (Å²) >= 11 is 0. The van der Waals surface area contributed by atoms with Crippen LogP contribution >= 0.6 is 0 Å². The van der Waals surface area contributed by atoms with E-state index < -0.39 is 0 Å². The minimum Gasteiger partial charge on any atom is -0.497 e. The van der Waals surface area contributed by atoms with Crippen LogP contribution in [0.1, 0.15) is 67.4 Å². The van der Waals surface area contributed by atoms with Crippen LogP contribution in [0.4, 0.5) is 5.82 Å². The summed E-state index contributed by atoms with van der Waals surface area (Å²) in [5.74, 6) is 1.15. The Morgan fingerprint density at radius 3 is 2.57 bits per heavy atom. The number of carbonyl (C=O) groups excluding carboxylic acids is 1. The van der Waals surface area contributed by atoms with Crippen molar-refractivity contribution in [3.63, 3.8) is 0 Å². The van der Waals surface area contributed by atoms with Crippen molar-refractivity contribution in [3.05, 3.63) is 47.3 Å². The van der Waals surface area contributed by atoms with Gasteiger partial charge in [-0.3, -0.25) is 4.79 Å². The van der Waals surface area contributed by atoms with Crippen molar-refractivity contribution < 1.29 is 9.53 Å². The van der Waals surface area contributed by atoms with Gasteiger partial charge < -0.3 is 20.7 Å². The lowest BCUT2D eigenvalue weighted by molar-refractivity contribution is 0.0952. The van der Waals surface area contributed by atoms with Crippen LogP contribution in [-0.4, -0.2) is 63.8 Å². The molecule has 3 aromatic rings. The highest BCUT2D eigenvalue weighted by Gasteiger charge is 2.21. The molecule has 37 heavy (non-hydrogen) atoms. The first-order chi connectivity index (χ1) is 18.0. The van der Waals surface area contributed by atoms with E-state index in [1.54, 1.807) is 13.3 Å². The van der Waals surface area contributed by atoms with Gasteiger partial charge in [-0.1, -0.05) is 26.7 Å². The number of ether oxygens (including phenoxy) is 1. The number of nitrogens with zero attached hydrogens (tertiary/aromatic N) is 5. The molecule has 0 spiro atoms. The second-order valence-electron chi connectivity index (χ2n) is 9.60. The van der Waals surface area contributed by atoms with E-state index in [9.17, 15) is 4.79 Å². The van der Waals surface area contributed by atoms with Crippen LogP contribution in [0.25, 0.3) is 17.2 Å². The van der Waals surface area contributed by atoms with Gasteiger partial charge in [-0.2, -0.15) is 0 Å². The Bertz CT molecular complexity index is 1200. The van der Waals surface area contributed by atoms with E-state index in [1.165, 1.54) is 35.9 Å². The quantitative estimate of drug-likeness (QED) is 0.337. The number of nitrogens with two attached hydrogens (primary N) is 1. The summed E-state index contributed by atoms with van der Waals surface area (Å²) < 4.78 is 6.86. The number of aromatic nitrogens is 4. The number of anilines is 1. The number of nitrogen functional groups attached to an aromatic ring is 1. The van der Waals surface area contributed by atoms with E-state index in [0.717, 1.165) is 61.5 Å². The molecule has 9 nitrogen and oxygen atoms in total. The van der Waals surface area contributed by atoms with Crippen LogP contribution in [0.2, 0.25) is 0 Å². The summed E-state index contributed by atoms with van der Waals surface area (Å²) in [4.78, 5) is 24.6. The first-order valence-corrected chi connectivity index (χ1v) is 13.4. The van der Waals surface area contributed by atoms with Gasteiger partial charge in [0.2, 0.25) is 0 Å². The fourth-order valence-electron chi connectivity index (χ4n) is 4.69. The summed E-state index contributed by atoms with van der Waals surface area (Å²) in [5, 5.41) is 7.33. The predicted molar refractivity (Wildman–Crippen MR) is 146 cm³/mol. The van der Waals surface area contributed by atoms with E-state index in [0.29, 0.717) is 18.1 Å². The third-order valence-electron chi connectivity index (χ3n) is 6.87. The standard InChI is InChI=1S/C28H39N7O2/c1-4-6-14-34(15-7-5-2)16-8-13-30-27(36)24-19-35(33-26(24)29)28-31-18-21-10-9-20-17-22(37-3)11-12-23(20)25(21)32-28/h11-12,17-19H,4-10,13-16H2,1-3H3,(H2,29,33)(H,30,36). The van der Waals surface area contributed by atoms with Crippen molar-refractivity contribution in [1.29, 1.82) is 0 Å². The molecule has 2 aromatic heterocycles. The largest absolute Gasteiger partial charge is 0.497 e. The molecule has 1 aliphatic rings. The molecule has 0 fully saturated rings. The average Bonchev–Trinajstić information content (AvgIpc) is 3.32. The lowest BCUT2D eigenvalue weighted by Crippen LogP contribution is -2.31. The molecule has 0 bridgehead atoms. The van der Waals surface area contributed by atoms with E-state index in [2.05, 4.69) is 40.2 Å². The Balaban J connectivity index is 1.41. The fraction of sp³-hybridized carbons (Fsp3) is 0.500. The van der Waals surface area contributed by atoms with Crippen molar-refractivity contribution in [2.75, 3.05) is 39.0 Å². The molecule has 0 unspecified atom stereocenters. The van der Waals surface area contributed by atoms with Gasteiger partial charge >= 0.3 is 0 Å². The van der Waals surface area contributed by atoms with E-state index >= 15 is 0 Å². The minimum atomic E-state index is -0.229. The van der Waals surface area contributed by atoms with E-state index in [4.69, 9.17) is 15.5 Å². The molecule has 3 N–H and O–H groups in total. The molecule has 4 rings (SSSR count). The maximum atomic E-state index is 12.8. The summed E-state index contributed by atoms with van der Waals surface area (Å²) in [6.45, 7) is 8.23. The molecule has 1 aromatic carbocycles. The number of fused-ring (bicyclic) bond motifs is 3. The Kier molecular flexibility index (Phi) is 9.11. The van der Waals surface area contributed by atoms with Crippen LogP contribution in [0.5, 0.6) is 5.75 Å². The number of carbonyl (C=O) groups is 1. The van der Waals surface area contributed by atoms with Gasteiger partial charge in [-0.25, -0.2) is 14.6 Å². The van der Waals surface area contributed by atoms with Gasteiger partial charge in [0.15, 0.2) is 5.82 Å². The molecule has 198 valence electrons. The average molecular weight is 506 g/mol. The summed E-state index contributed by atoms with van der Waals surface area (Å²) in [6, 6.07) is 6.03. The zero-order valence-electron chi connectivity index (χ0n) is 22.3. The number of methoxy groups -OCH3 is 1. The number of hydrogen-bond acceptors (Lipinski definition) is 7. The second-order valence-corrected chi connectivity index (χ2v) is 9.60. The third kappa shape index (κ3) is 6.46. The van der Waals surface area contributed by atoms with Crippen LogP contribution in [0.15, 0.2) is 30.6 Å². The molecule has 0 radical (unpaired) electrons. The van der Waals surface area contributed by atoms with Crippen molar-refractivity contribution in [2.45, 2.75) is 58.8 Å². The predicted octanol–water partition coefficient (Wildman–Crippen LogP) is 4.04. The van der Waals surface area contributed by atoms with Crippen LogP contribution < -0.4 is 15.8 Å². The zero-order valence-corrected chi connectivity index (χ0v) is 22.3. The van der Waals surface area contributed by atoms with Gasteiger partial charge in [0, 0.05) is 24.5 Å². The summed E-state index contributed by atoms with van der Waals surface area (Å²) in [6.07, 6.45) is 10.9. The number of aryl methyl sites for hydroxylation is 2. The number of benzene rings is 1. The summed E-state index contributed by atoms with van der Waals surface area (Å²) in [5.41, 5.74) is 10.7. The number of hydrogen-bond donors (Lipinski definition) is 2. The molecule has 1 aliphatic carbocycles. The highest BCUT2D eigenvalue weighted by Crippen LogP contribution is 2.34. The van der Waals surface area contributed by atoms with Crippen LogP contribution in [-0.2, 0) is 12.8 Å². The smallest absolute Gasteiger partial charge is 0.256 e. The first-order valence-electron chi connectivity index (χ1n) is 13.4. The SMILES string of the molecule is CCCCN(CCCC)CCCNC(=O)c1cn(-c2ncc3c(n2)-c2ccc(OC)cc2CC3)nc1N. The third-order valence-corrected chi connectivity index (χ3v) is 6.87. The maximum Gasteiger partial charge on any atom is 0.256 e. The minimum absolute atomic E-state index is 0.163. The van der Waals surface area contributed by atoms with Gasteiger partial charge in [-0.15, -0.1) is 5.10 Å². The lowest BCUT2D eigenvalue weighted by Gasteiger charge is -2.21. The van der Waals surface area contributed by atoms with Crippen LogP contribution in [0, 0.1) is 0 Å². The monoisotopic (exact) mass is 505 g/mol. The Labute approximate surface area is 219 Å². The molecule has 0 aliphatic heterocycles. The highest BCUT2D eigenvalue weighted by atomic mass is 16.5. The van der Waals surface area contributed by atoms with Crippen molar-refractivity contribution in [3.8, 4) is 23.0 Å². The van der Waals surface area contributed by atoms with Crippen LogP contribution in [0.3, 0.4) is 0 Å². The topological polar surface area (TPSA) is 111 Å². The van der Waals surface area contributed by atoms with Crippen molar-refractivity contribution >= 4 is 11.7 Å². The number of unbranched alkanes of at least 4 members (excludes halogenated alkanes) is 2. The van der Waals surface area contributed by atoms with Gasteiger partial charge in [-0.05, 0) is 81.1 Å². The van der Waals surface area contributed by atoms with Gasteiger partial charge in [0.05, 0.1) is 12.8 Å². The Morgan fingerprint density at radius 2 is 1.84 bits per heavy atom. The number of rotatable bonds is 13. The molecular formula is C28H39N7O2. The Morgan fingerprint density at radius 1 is 1.11 bits per heavy atom. The maximum absolute atomic E-state index is 12.8. The van der Waals surface area contributed by atoms with Gasteiger partial charge in [0.1, 0.15) is 11.3 Å². The second kappa shape index (κ2) is 12.7. The van der Waals surface area contributed by atoms with Gasteiger partial charge in [0.25, 0.3) is 11.9 Å². The van der Waals surface area contributed by atoms with Crippen molar-refractivity contribution in [1.82, 2.24) is 30.0 Å². The molecule has 0 saturated carbocycles. The van der Waals surface area contributed by atoms with E-state index in [1.807, 2.05) is 18.3 Å². The summed E-state index contributed by atoms with van der Waals surface area (Å²) in [7, 11) is 1.67.